The lowest BCUT2D eigenvalue weighted by molar-refractivity contribution is 0.379. The van der Waals surface area contributed by atoms with E-state index in [1.165, 1.54) is 0 Å². The molecule has 0 fully saturated rings. The number of nitrogens with zero attached hydrogens (tertiary/aromatic N) is 3. The average molecular weight is 516 g/mol. The number of methoxy groups -OCH3 is 2. The highest BCUT2D eigenvalue weighted by atomic mass is 127. The van der Waals surface area contributed by atoms with E-state index in [1.807, 2.05) is 37.1 Å². The molecule has 0 radical (unpaired) electrons. The molecule has 0 bridgehead atoms. The number of aliphatic imine (C=N–C) groups is 1. The molecule has 0 atom stereocenters. The summed E-state index contributed by atoms with van der Waals surface area (Å²) in [5, 5.41) is 3.31. The van der Waals surface area contributed by atoms with Crippen LogP contribution >= 0.6 is 24.0 Å². The second-order valence-electron chi connectivity index (χ2n) is 7.57. The topological polar surface area (TPSA) is 72.1 Å². The lowest BCUT2D eigenvalue weighted by atomic mass is 9.94. The van der Waals surface area contributed by atoms with Crippen molar-refractivity contribution in [3.05, 3.63) is 41.6 Å². The zero-order valence-electron chi connectivity index (χ0n) is 18.4. The lowest BCUT2D eigenvalue weighted by Gasteiger charge is -2.23. The molecule has 162 valence electrons. The third-order valence-corrected chi connectivity index (χ3v) is 4.26. The fourth-order valence-corrected chi connectivity index (χ4v) is 2.66. The van der Waals surface area contributed by atoms with E-state index < -0.39 is 0 Å². The molecule has 8 heteroatoms. The number of aromatic nitrogens is 1. The minimum absolute atomic E-state index is 0. The highest BCUT2D eigenvalue weighted by Gasteiger charge is 2.19. The van der Waals surface area contributed by atoms with Gasteiger partial charge in [-0.25, -0.2) is 9.98 Å². The minimum Gasteiger partial charge on any atom is -0.497 e. The molecule has 0 aliphatic rings. The number of oxazole rings is 1. The number of hydrogen-bond donors (Lipinski definition) is 1. The van der Waals surface area contributed by atoms with Gasteiger partial charge in [-0.3, -0.25) is 0 Å². The molecule has 0 spiro atoms. The van der Waals surface area contributed by atoms with E-state index in [0.717, 1.165) is 35.3 Å². The highest BCUT2D eigenvalue weighted by molar-refractivity contribution is 14.0. The zero-order chi connectivity index (χ0) is 20.7. The number of nitrogens with one attached hydrogen (secondary N) is 1. The smallest absolute Gasteiger partial charge is 0.216 e. The number of benzene rings is 1. The highest BCUT2D eigenvalue weighted by Crippen LogP contribution is 2.26. The molecular weight excluding hydrogens is 483 g/mol. The molecule has 2 aromatic rings. The fourth-order valence-electron chi connectivity index (χ4n) is 2.66. The van der Waals surface area contributed by atoms with E-state index in [1.54, 1.807) is 20.4 Å². The van der Waals surface area contributed by atoms with Crippen molar-refractivity contribution < 1.29 is 13.9 Å². The second-order valence-corrected chi connectivity index (χ2v) is 7.57. The maximum atomic E-state index is 5.84. The van der Waals surface area contributed by atoms with Crippen molar-refractivity contribution >= 4 is 29.9 Å². The Hall–Kier alpha value is -1.97. The molecule has 7 nitrogen and oxygen atoms in total. The van der Waals surface area contributed by atoms with Crippen LogP contribution in [0.4, 0.5) is 0 Å². The van der Waals surface area contributed by atoms with Crippen LogP contribution in [-0.4, -0.2) is 43.7 Å². The number of halogens is 1. The molecule has 1 N–H and O–H groups in total. The molecule has 1 aromatic carbocycles. The minimum atomic E-state index is -0.0683. The molecule has 1 heterocycles. The van der Waals surface area contributed by atoms with Gasteiger partial charge in [0, 0.05) is 37.2 Å². The molecule has 1 aromatic heterocycles. The van der Waals surface area contributed by atoms with E-state index in [9.17, 15) is 0 Å². The summed E-state index contributed by atoms with van der Waals surface area (Å²) in [4.78, 5) is 11.1. The summed E-state index contributed by atoms with van der Waals surface area (Å²) in [5.41, 5.74) is 0.976. The fraction of sp³-hybridized carbons (Fsp3) is 0.524. The Morgan fingerprint density at radius 2 is 1.97 bits per heavy atom. The number of hydrogen-bond acceptors (Lipinski definition) is 5. The molecule has 0 amide bonds. The largest absolute Gasteiger partial charge is 0.497 e. The van der Waals surface area contributed by atoms with E-state index in [2.05, 4.69) is 36.1 Å². The van der Waals surface area contributed by atoms with Crippen molar-refractivity contribution in [2.45, 2.75) is 46.2 Å². The Morgan fingerprint density at radius 3 is 2.52 bits per heavy atom. The Morgan fingerprint density at radius 1 is 1.24 bits per heavy atom. The summed E-state index contributed by atoms with van der Waals surface area (Å²) in [5.74, 6) is 3.79. The van der Waals surface area contributed by atoms with Crippen molar-refractivity contribution in [3.8, 4) is 11.5 Å². The van der Waals surface area contributed by atoms with Crippen molar-refractivity contribution in [1.82, 2.24) is 15.2 Å². The summed E-state index contributed by atoms with van der Waals surface area (Å²) in [6.07, 6.45) is 1.78. The van der Waals surface area contributed by atoms with E-state index in [4.69, 9.17) is 13.9 Å². The molecule has 2 rings (SSSR count). The maximum Gasteiger partial charge on any atom is 0.216 e. The predicted molar refractivity (Wildman–Crippen MR) is 126 cm³/mol. The average Bonchev–Trinajstić information content (AvgIpc) is 3.14. The van der Waals surface area contributed by atoms with Gasteiger partial charge in [0.2, 0.25) is 5.89 Å². The van der Waals surface area contributed by atoms with Gasteiger partial charge in [-0.15, -0.1) is 24.0 Å². The third kappa shape index (κ3) is 7.09. The molecule has 0 aliphatic heterocycles. The molecule has 0 saturated carbocycles. The van der Waals surface area contributed by atoms with Gasteiger partial charge < -0.3 is 24.1 Å². The van der Waals surface area contributed by atoms with Gasteiger partial charge in [-0.1, -0.05) is 20.8 Å². The molecule has 0 saturated heterocycles. The van der Waals surface area contributed by atoms with Crippen LogP contribution in [0, 0.1) is 0 Å². The van der Waals surface area contributed by atoms with Gasteiger partial charge in [0.1, 0.15) is 23.8 Å². The first-order chi connectivity index (χ1) is 13.3. The monoisotopic (exact) mass is 516 g/mol. The van der Waals surface area contributed by atoms with Crippen LogP contribution < -0.4 is 14.8 Å². The zero-order valence-corrected chi connectivity index (χ0v) is 20.7. The Labute approximate surface area is 190 Å². The van der Waals surface area contributed by atoms with Gasteiger partial charge in [0.15, 0.2) is 5.96 Å². The van der Waals surface area contributed by atoms with Gasteiger partial charge in [0.05, 0.1) is 20.4 Å². The van der Waals surface area contributed by atoms with Crippen molar-refractivity contribution in [2.75, 3.05) is 27.8 Å². The Bertz CT molecular complexity index is 799. The van der Waals surface area contributed by atoms with Crippen molar-refractivity contribution in [2.24, 2.45) is 4.99 Å². The normalized spacial score (nSPS) is 11.6. The molecule has 29 heavy (non-hydrogen) atoms. The van der Waals surface area contributed by atoms with E-state index in [-0.39, 0.29) is 29.4 Å². The Kier molecular flexibility index (Phi) is 9.75. The summed E-state index contributed by atoms with van der Waals surface area (Å²) in [6.45, 7) is 10.1. The molecule has 0 aliphatic carbocycles. The van der Waals surface area contributed by atoms with Crippen molar-refractivity contribution in [3.63, 3.8) is 0 Å². The van der Waals surface area contributed by atoms with Gasteiger partial charge in [-0.2, -0.15) is 0 Å². The first-order valence-corrected chi connectivity index (χ1v) is 9.44. The summed E-state index contributed by atoms with van der Waals surface area (Å²) in [6, 6.07) is 5.81. The van der Waals surface area contributed by atoms with E-state index in [0.29, 0.717) is 19.0 Å². The van der Waals surface area contributed by atoms with Crippen LogP contribution in [0.1, 0.15) is 44.9 Å². The summed E-state index contributed by atoms with van der Waals surface area (Å²) in [7, 11) is 5.29. The van der Waals surface area contributed by atoms with Crippen LogP contribution in [-0.2, 0) is 18.5 Å². The van der Waals surface area contributed by atoms with Crippen LogP contribution in [0.2, 0.25) is 0 Å². The predicted octanol–water partition coefficient (Wildman–Crippen LogP) is 4.20. The lowest BCUT2D eigenvalue weighted by Crippen LogP contribution is -2.38. The van der Waals surface area contributed by atoms with Crippen LogP contribution in [0.15, 0.2) is 33.8 Å². The second kappa shape index (κ2) is 11.3. The molecular formula is C21H33IN4O3. The van der Waals surface area contributed by atoms with Crippen LogP contribution in [0.25, 0.3) is 0 Å². The number of ether oxygens (including phenoxy) is 2. The van der Waals surface area contributed by atoms with Crippen molar-refractivity contribution in [1.29, 1.82) is 0 Å². The van der Waals surface area contributed by atoms with Gasteiger partial charge >= 0.3 is 0 Å². The number of rotatable bonds is 7. The quantitative estimate of drug-likeness (QED) is 0.338. The first-order valence-electron chi connectivity index (χ1n) is 9.44. The molecule has 0 unspecified atom stereocenters. The maximum absolute atomic E-state index is 5.84. The number of guanidine groups is 1. The summed E-state index contributed by atoms with van der Waals surface area (Å²) < 4.78 is 16.6. The van der Waals surface area contributed by atoms with Crippen LogP contribution in [0.5, 0.6) is 11.5 Å². The third-order valence-electron chi connectivity index (χ3n) is 4.26. The summed E-state index contributed by atoms with van der Waals surface area (Å²) >= 11 is 0. The van der Waals surface area contributed by atoms with Crippen LogP contribution in [0.3, 0.4) is 0 Å². The van der Waals surface area contributed by atoms with Gasteiger partial charge in [0.25, 0.3) is 0 Å². The first kappa shape index (κ1) is 25.1. The van der Waals surface area contributed by atoms with Gasteiger partial charge in [-0.05, 0) is 19.1 Å². The van der Waals surface area contributed by atoms with E-state index >= 15 is 0 Å². The standard InChI is InChI=1S/C21H32N4O3.HI/c1-8-22-20(24-13-19-23-12-18(28-19)21(2,3)4)25(5)14-15-9-10-16(26-6)11-17(15)27-7;/h9-12H,8,13-14H2,1-7H3,(H,22,24);1H. The Balaban J connectivity index is 0.00000420. The SMILES string of the molecule is CCNC(=NCc1ncc(C(C)(C)C)o1)N(C)Cc1ccc(OC)cc1OC.I.